The summed E-state index contributed by atoms with van der Waals surface area (Å²) in [6.45, 7) is 6.07. The minimum absolute atomic E-state index is 0.467. The van der Waals surface area contributed by atoms with Gasteiger partial charge in [0.15, 0.2) is 0 Å². The zero-order valence-electron chi connectivity index (χ0n) is 17.8. The summed E-state index contributed by atoms with van der Waals surface area (Å²) in [6.07, 6.45) is 4.05. The first-order valence-electron chi connectivity index (χ1n) is 10.6. The van der Waals surface area contributed by atoms with E-state index in [1.165, 1.54) is 0 Å². The number of nitrogens with zero attached hydrogens (tertiary/aromatic N) is 5. The summed E-state index contributed by atoms with van der Waals surface area (Å²) in [5.74, 6) is 2.53. The summed E-state index contributed by atoms with van der Waals surface area (Å²) in [7, 11) is 3.80. The summed E-state index contributed by atoms with van der Waals surface area (Å²) < 4.78 is 10.8. The summed E-state index contributed by atoms with van der Waals surface area (Å²) >= 11 is 6.48. The van der Waals surface area contributed by atoms with Crippen molar-refractivity contribution >= 4 is 23.4 Å². The third-order valence-corrected chi connectivity index (χ3v) is 6.47. The van der Waals surface area contributed by atoms with Gasteiger partial charge in [-0.3, -0.25) is 4.90 Å². The standard InChI is InChI=1S/C22H30ClN5O2/c1-26(20-6-9-24-22(25-20)28-12-14-30-15-13-28)18-7-10-27(11-8-18)16-17-4-3-5-19(29-2)21(17)23/h3-6,9,18H,7-8,10-16H2,1-2H3. The van der Waals surface area contributed by atoms with Gasteiger partial charge in [-0.2, -0.15) is 4.98 Å². The number of ether oxygens (including phenoxy) is 2. The molecule has 2 aliphatic rings. The molecule has 1 aromatic heterocycles. The Morgan fingerprint density at radius 1 is 1.17 bits per heavy atom. The molecule has 30 heavy (non-hydrogen) atoms. The van der Waals surface area contributed by atoms with Crippen LogP contribution >= 0.6 is 11.6 Å². The lowest BCUT2D eigenvalue weighted by Crippen LogP contribution is -2.43. The van der Waals surface area contributed by atoms with Gasteiger partial charge in [-0.1, -0.05) is 23.7 Å². The van der Waals surface area contributed by atoms with Crippen molar-refractivity contribution in [3.63, 3.8) is 0 Å². The van der Waals surface area contributed by atoms with Gasteiger partial charge >= 0.3 is 0 Å². The van der Waals surface area contributed by atoms with Crippen molar-refractivity contribution in [2.24, 2.45) is 0 Å². The van der Waals surface area contributed by atoms with Crippen molar-refractivity contribution in [1.29, 1.82) is 0 Å². The van der Waals surface area contributed by atoms with Crippen LogP contribution in [0.4, 0.5) is 11.8 Å². The van der Waals surface area contributed by atoms with Gasteiger partial charge in [0, 0.05) is 52.0 Å². The highest BCUT2D eigenvalue weighted by Crippen LogP contribution is 2.30. The second-order valence-electron chi connectivity index (χ2n) is 7.87. The lowest BCUT2D eigenvalue weighted by atomic mass is 10.0. The van der Waals surface area contributed by atoms with E-state index in [9.17, 15) is 0 Å². The zero-order valence-corrected chi connectivity index (χ0v) is 18.5. The fourth-order valence-electron chi connectivity index (χ4n) is 4.18. The number of likely N-dealkylation sites (tertiary alicyclic amines) is 1. The molecule has 2 aromatic rings. The maximum absolute atomic E-state index is 6.48. The molecule has 2 fully saturated rings. The molecule has 0 N–H and O–H groups in total. The molecule has 0 aliphatic carbocycles. The van der Waals surface area contributed by atoms with Gasteiger partial charge < -0.3 is 19.3 Å². The van der Waals surface area contributed by atoms with Crippen LogP contribution < -0.4 is 14.5 Å². The first-order valence-corrected chi connectivity index (χ1v) is 11.0. The number of hydrogen-bond donors (Lipinski definition) is 0. The lowest BCUT2D eigenvalue weighted by molar-refractivity contribution is 0.122. The Morgan fingerprint density at radius 3 is 2.67 bits per heavy atom. The molecule has 0 atom stereocenters. The molecule has 1 aromatic carbocycles. The quantitative estimate of drug-likeness (QED) is 0.696. The van der Waals surface area contributed by atoms with Crippen molar-refractivity contribution in [3.8, 4) is 5.75 Å². The van der Waals surface area contributed by atoms with Crippen LogP contribution in [-0.4, -0.2) is 74.5 Å². The van der Waals surface area contributed by atoms with E-state index in [2.05, 4.69) is 32.8 Å². The van der Waals surface area contributed by atoms with Gasteiger partial charge in [0.2, 0.25) is 5.95 Å². The molecule has 7 nitrogen and oxygen atoms in total. The van der Waals surface area contributed by atoms with Crippen LogP contribution in [0.5, 0.6) is 5.75 Å². The van der Waals surface area contributed by atoms with E-state index < -0.39 is 0 Å². The minimum atomic E-state index is 0.467. The first kappa shape index (κ1) is 21.2. The van der Waals surface area contributed by atoms with Gasteiger partial charge in [-0.15, -0.1) is 0 Å². The van der Waals surface area contributed by atoms with E-state index in [4.69, 9.17) is 26.1 Å². The van der Waals surface area contributed by atoms with Crippen LogP contribution in [0, 0.1) is 0 Å². The number of piperidine rings is 1. The minimum Gasteiger partial charge on any atom is -0.495 e. The van der Waals surface area contributed by atoms with Gasteiger partial charge in [0.1, 0.15) is 11.6 Å². The second-order valence-corrected chi connectivity index (χ2v) is 8.24. The molecule has 0 saturated carbocycles. The van der Waals surface area contributed by atoms with Gasteiger partial charge in [-0.25, -0.2) is 4.98 Å². The summed E-state index contributed by atoms with van der Waals surface area (Å²) in [5, 5.41) is 0.718. The highest BCUT2D eigenvalue weighted by Gasteiger charge is 2.25. The molecule has 3 heterocycles. The topological polar surface area (TPSA) is 54.0 Å². The molecule has 0 amide bonds. The van der Waals surface area contributed by atoms with E-state index in [1.807, 2.05) is 24.4 Å². The van der Waals surface area contributed by atoms with Crippen molar-refractivity contribution in [1.82, 2.24) is 14.9 Å². The number of rotatable bonds is 6. The Kier molecular flexibility index (Phi) is 6.92. The fraction of sp³-hybridized carbons (Fsp3) is 0.545. The van der Waals surface area contributed by atoms with Crippen molar-refractivity contribution in [2.45, 2.75) is 25.4 Å². The number of hydrogen-bond acceptors (Lipinski definition) is 7. The van der Waals surface area contributed by atoms with Crippen molar-refractivity contribution in [2.75, 3.05) is 63.4 Å². The highest BCUT2D eigenvalue weighted by molar-refractivity contribution is 6.32. The predicted octanol–water partition coefficient (Wildman–Crippen LogP) is 3.08. The maximum atomic E-state index is 6.48. The molecule has 0 bridgehead atoms. The Morgan fingerprint density at radius 2 is 1.93 bits per heavy atom. The van der Waals surface area contributed by atoms with Gasteiger partial charge in [0.05, 0.1) is 25.3 Å². The summed E-state index contributed by atoms with van der Waals surface area (Å²) in [4.78, 5) is 16.3. The SMILES string of the molecule is COc1cccc(CN2CCC(N(C)c3ccnc(N4CCOCC4)n3)CC2)c1Cl. The van der Waals surface area contributed by atoms with Crippen LogP contribution in [-0.2, 0) is 11.3 Å². The fourth-order valence-corrected chi connectivity index (χ4v) is 4.44. The Balaban J connectivity index is 1.35. The molecule has 4 rings (SSSR count). The van der Waals surface area contributed by atoms with Crippen molar-refractivity contribution < 1.29 is 9.47 Å². The van der Waals surface area contributed by atoms with E-state index in [0.29, 0.717) is 6.04 Å². The Bertz CT molecular complexity index is 838. The average molecular weight is 432 g/mol. The maximum Gasteiger partial charge on any atom is 0.227 e. The number of methoxy groups -OCH3 is 1. The Hall–Kier alpha value is -2.09. The van der Waals surface area contributed by atoms with Crippen LogP contribution in [0.15, 0.2) is 30.5 Å². The Labute approximate surface area is 183 Å². The van der Waals surface area contributed by atoms with Gasteiger partial charge in [-0.05, 0) is 30.5 Å². The summed E-state index contributed by atoms with van der Waals surface area (Å²) in [5.41, 5.74) is 1.12. The third kappa shape index (κ3) is 4.79. The summed E-state index contributed by atoms with van der Waals surface area (Å²) in [6, 6.07) is 8.46. The number of aromatic nitrogens is 2. The molecule has 0 radical (unpaired) electrons. The highest BCUT2D eigenvalue weighted by atomic mass is 35.5. The average Bonchev–Trinajstić information content (AvgIpc) is 2.81. The molecule has 2 saturated heterocycles. The van der Waals surface area contributed by atoms with Crippen LogP contribution in [0.2, 0.25) is 5.02 Å². The molecule has 0 unspecified atom stereocenters. The number of halogens is 1. The second kappa shape index (κ2) is 9.81. The molecule has 0 spiro atoms. The zero-order chi connectivity index (χ0) is 20.9. The van der Waals surface area contributed by atoms with Crippen LogP contribution in [0.1, 0.15) is 18.4 Å². The third-order valence-electron chi connectivity index (χ3n) is 6.05. The van der Waals surface area contributed by atoms with Crippen LogP contribution in [0.25, 0.3) is 0 Å². The molecule has 162 valence electrons. The monoisotopic (exact) mass is 431 g/mol. The smallest absolute Gasteiger partial charge is 0.227 e. The van der Waals surface area contributed by atoms with Crippen molar-refractivity contribution in [3.05, 3.63) is 41.0 Å². The van der Waals surface area contributed by atoms with E-state index >= 15 is 0 Å². The van der Waals surface area contributed by atoms with Crippen LogP contribution in [0.3, 0.4) is 0 Å². The van der Waals surface area contributed by atoms with E-state index in [1.54, 1.807) is 7.11 Å². The number of anilines is 2. The lowest BCUT2D eigenvalue weighted by Gasteiger charge is -2.37. The molecule has 2 aliphatic heterocycles. The largest absolute Gasteiger partial charge is 0.495 e. The first-order chi connectivity index (χ1) is 14.7. The van der Waals surface area contributed by atoms with Gasteiger partial charge in [0.25, 0.3) is 0 Å². The van der Waals surface area contributed by atoms with E-state index in [-0.39, 0.29) is 0 Å². The number of benzene rings is 1. The predicted molar refractivity (Wildman–Crippen MR) is 120 cm³/mol. The molecule has 8 heteroatoms. The molecular weight excluding hydrogens is 402 g/mol. The molecular formula is C22H30ClN5O2. The van der Waals surface area contributed by atoms with E-state index in [0.717, 1.165) is 86.9 Å². The number of morpholine rings is 1. The normalized spacial score (nSPS) is 18.4.